The summed E-state index contributed by atoms with van der Waals surface area (Å²) < 4.78 is 0. The molecular weight excluding hydrogens is 210 g/mol. The molecule has 1 heterocycles. The Morgan fingerprint density at radius 3 is 2.82 bits per heavy atom. The molecule has 0 amide bonds. The van der Waals surface area contributed by atoms with E-state index >= 15 is 0 Å². The highest BCUT2D eigenvalue weighted by atomic mass is 15.1. The molecule has 3 heteroatoms. The van der Waals surface area contributed by atoms with E-state index in [9.17, 15) is 0 Å². The van der Waals surface area contributed by atoms with Crippen LogP contribution in [0.25, 0.3) is 0 Å². The van der Waals surface area contributed by atoms with E-state index in [1.165, 1.54) is 25.9 Å². The van der Waals surface area contributed by atoms with Gasteiger partial charge >= 0.3 is 0 Å². The fourth-order valence-electron chi connectivity index (χ4n) is 2.53. The molecule has 98 valence electrons. The Bertz CT molecular complexity index is 266. The molecule has 0 aromatic rings. The topological polar surface area (TPSA) is 41.3 Å². The van der Waals surface area contributed by atoms with Gasteiger partial charge in [0.2, 0.25) is 0 Å². The van der Waals surface area contributed by atoms with E-state index in [1.807, 2.05) is 6.92 Å². The van der Waals surface area contributed by atoms with Gasteiger partial charge < -0.3 is 16.0 Å². The molecule has 1 aliphatic rings. The molecule has 0 spiro atoms. The van der Waals surface area contributed by atoms with Crippen LogP contribution in [-0.2, 0) is 0 Å². The second-order valence-electron chi connectivity index (χ2n) is 4.88. The molecule has 1 atom stereocenters. The van der Waals surface area contributed by atoms with Crippen molar-refractivity contribution < 1.29 is 0 Å². The normalized spacial score (nSPS) is 26.1. The maximum atomic E-state index is 5.99. The summed E-state index contributed by atoms with van der Waals surface area (Å²) >= 11 is 0. The maximum absolute atomic E-state index is 5.99. The van der Waals surface area contributed by atoms with Crippen molar-refractivity contribution in [3.05, 3.63) is 0 Å². The summed E-state index contributed by atoms with van der Waals surface area (Å²) in [6.07, 6.45) is 4.53. The summed E-state index contributed by atoms with van der Waals surface area (Å²) in [5.74, 6) is 6.04. The molecule has 0 aromatic carbocycles. The van der Waals surface area contributed by atoms with Crippen LogP contribution in [0.4, 0.5) is 0 Å². The summed E-state index contributed by atoms with van der Waals surface area (Å²) in [7, 11) is 0. The lowest BCUT2D eigenvalue weighted by Crippen LogP contribution is -2.52. The molecule has 1 rings (SSSR count). The molecule has 1 fully saturated rings. The number of hydrogen-bond donors (Lipinski definition) is 2. The summed E-state index contributed by atoms with van der Waals surface area (Å²) in [6, 6.07) is 0. The van der Waals surface area contributed by atoms with Gasteiger partial charge in [0, 0.05) is 25.0 Å². The first-order chi connectivity index (χ1) is 8.26. The molecule has 0 bridgehead atoms. The Hall–Kier alpha value is -0.560. The first kappa shape index (κ1) is 14.5. The van der Waals surface area contributed by atoms with E-state index in [0.29, 0.717) is 0 Å². The molecule has 1 aliphatic heterocycles. The Kier molecular flexibility index (Phi) is 6.57. The first-order valence-electron chi connectivity index (χ1n) is 6.83. The molecule has 1 unspecified atom stereocenters. The van der Waals surface area contributed by atoms with E-state index in [4.69, 9.17) is 5.73 Å². The lowest BCUT2D eigenvalue weighted by Gasteiger charge is -2.32. The standard InChI is InChI=1S/C14H27N3/c1-3-5-6-10-16-14(13-15)8-7-11-17(4-2)12-9-14/h16H,4,6-13,15H2,1-2H3. The van der Waals surface area contributed by atoms with Gasteiger partial charge in [0.1, 0.15) is 0 Å². The summed E-state index contributed by atoms with van der Waals surface area (Å²) in [4.78, 5) is 2.52. The van der Waals surface area contributed by atoms with Gasteiger partial charge in [0.15, 0.2) is 0 Å². The minimum atomic E-state index is 0.152. The van der Waals surface area contributed by atoms with Crippen molar-refractivity contribution in [2.45, 2.75) is 45.1 Å². The van der Waals surface area contributed by atoms with Crippen LogP contribution < -0.4 is 11.1 Å². The third-order valence-corrected chi connectivity index (χ3v) is 3.80. The Balaban J connectivity index is 2.45. The Morgan fingerprint density at radius 1 is 1.35 bits per heavy atom. The highest BCUT2D eigenvalue weighted by molar-refractivity contribution is 4.97. The zero-order chi connectivity index (χ0) is 12.6. The van der Waals surface area contributed by atoms with Gasteiger partial charge in [0.25, 0.3) is 0 Å². The number of nitrogens with one attached hydrogen (secondary N) is 1. The van der Waals surface area contributed by atoms with E-state index < -0.39 is 0 Å². The van der Waals surface area contributed by atoms with Crippen molar-refractivity contribution in [3.63, 3.8) is 0 Å². The summed E-state index contributed by atoms with van der Waals surface area (Å²) in [5.41, 5.74) is 6.14. The Morgan fingerprint density at radius 2 is 2.18 bits per heavy atom. The fraction of sp³-hybridized carbons (Fsp3) is 0.857. The first-order valence-corrected chi connectivity index (χ1v) is 6.83. The van der Waals surface area contributed by atoms with Gasteiger partial charge in [-0.2, -0.15) is 0 Å². The molecule has 3 N–H and O–H groups in total. The van der Waals surface area contributed by atoms with Crippen LogP contribution in [0.3, 0.4) is 0 Å². The molecule has 17 heavy (non-hydrogen) atoms. The van der Waals surface area contributed by atoms with E-state index in [-0.39, 0.29) is 5.54 Å². The van der Waals surface area contributed by atoms with E-state index in [1.54, 1.807) is 0 Å². The van der Waals surface area contributed by atoms with Crippen LogP contribution in [-0.4, -0.2) is 43.2 Å². The monoisotopic (exact) mass is 237 g/mol. The van der Waals surface area contributed by atoms with Crippen LogP contribution in [0.15, 0.2) is 0 Å². The molecule has 0 aromatic heterocycles. The SMILES string of the molecule is CC#CCCNC1(CN)CCCN(CC)CC1. The third-order valence-electron chi connectivity index (χ3n) is 3.80. The number of hydrogen-bond acceptors (Lipinski definition) is 3. The zero-order valence-electron chi connectivity index (χ0n) is 11.4. The van der Waals surface area contributed by atoms with Crippen LogP contribution >= 0.6 is 0 Å². The molecule has 0 aliphatic carbocycles. The molecule has 0 radical (unpaired) electrons. The van der Waals surface area contributed by atoms with Crippen LogP contribution in [0.2, 0.25) is 0 Å². The van der Waals surface area contributed by atoms with Crippen molar-refractivity contribution in [1.29, 1.82) is 0 Å². The van der Waals surface area contributed by atoms with E-state index in [0.717, 1.165) is 32.5 Å². The zero-order valence-corrected chi connectivity index (χ0v) is 11.4. The van der Waals surface area contributed by atoms with Crippen molar-refractivity contribution in [1.82, 2.24) is 10.2 Å². The van der Waals surface area contributed by atoms with Crippen molar-refractivity contribution in [2.75, 3.05) is 32.7 Å². The van der Waals surface area contributed by atoms with Gasteiger partial charge in [-0.1, -0.05) is 6.92 Å². The number of likely N-dealkylation sites (tertiary alicyclic amines) is 1. The highest BCUT2D eigenvalue weighted by Crippen LogP contribution is 2.21. The number of nitrogens with zero attached hydrogens (tertiary/aromatic N) is 1. The Labute approximate surface area is 106 Å². The molecular formula is C14H27N3. The number of rotatable bonds is 5. The summed E-state index contributed by atoms with van der Waals surface area (Å²) in [6.45, 7) is 9.37. The molecule has 3 nitrogen and oxygen atoms in total. The van der Waals surface area contributed by atoms with Crippen molar-refractivity contribution >= 4 is 0 Å². The largest absolute Gasteiger partial charge is 0.329 e. The van der Waals surface area contributed by atoms with Gasteiger partial charge in [-0.15, -0.1) is 11.8 Å². The quantitative estimate of drug-likeness (QED) is 0.557. The average Bonchev–Trinajstić information content (AvgIpc) is 2.58. The van der Waals surface area contributed by atoms with E-state index in [2.05, 4.69) is 29.0 Å². The van der Waals surface area contributed by atoms with Crippen molar-refractivity contribution in [2.24, 2.45) is 5.73 Å². The summed E-state index contributed by atoms with van der Waals surface area (Å²) in [5, 5.41) is 3.65. The molecule has 0 saturated carbocycles. The van der Waals surface area contributed by atoms with Gasteiger partial charge in [-0.3, -0.25) is 0 Å². The van der Waals surface area contributed by atoms with Gasteiger partial charge in [0.05, 0.1) is 0 Å². The van der Waals surface area contributed by atoms with Crippen LogP contribution in [0.1, 0.15) is 39.5 Å². The maximum Gasteiger partial charge on any atom is 0.0317 e. The van der Waals surface area contributed by atoms with Gasteiger partial charge in [-0.05, 0) is 45.8 Å². The number of nitrogens with two attached hydrogens (primary N) is 1. The predicted molar refractivity (Wildman–Crippen MR) is 73.8 cm³/mol. The minimum absolute atomic E-state index is 0.152. The predicted octanol–water partition coefficient (Wildman–Crippen LogP) is 1.19. The lowest BCUT2D eigenvalue weighted by atomic mass is 9.90. The minimum Gasteiger partial charge on any atom is -0.329 e. The van der Waals surface area contributed by atoms with Crippen LogP contribution in [0.5, 0.6) is 0 Å². The smallest absolute Gasteiger partial charge is 0.0317 e. The fourth-order valence-corrected chi connectivity index (χ4v) is 2.53. The van der Waals surface area contributed by atoms with Gasteiger partial charge in [-0.25, -0.2) is 0 Å². The lowest BCUT2D eigenvalue weighted by molar-refractivity contribution is 0.268. The van der Waals surface area contributed by atoms with Crippen LogP contribution in [0, 0.1) is 11.8 Å². The second-order valence-corrected chi connectivity index (χ2v) is 4.88. The third kappa shape index (κ3) is 4.67. The highest BCUT2D eigenvalue weighted by Gasteiger charge is 2.30. The molecule has 1 saturated heterocycles. The second kappa shape index (κ2) is 7.71. The average molecular weight is 237 g/mol. The van der Waals surface area contributed by atoms with Crippen molar-refractivity contribution in [3.8, 4) is 11.8 Å².